The Morgan fingerprint density at radius 2 is 1.62 bits per heavy atom. The van der Waals surface area contributed by atoms with Gasteiger partial charge in [-0.05, 0) is 55.2 Å². The van der Waals surface area contributed by atoms with Crippen LogP contribution in [0.25, 0.3) is 0 Å². The average Bonchev–Trinajstić information content (AvgIpc) is 2.71. The predicted molar refractivity (Wildman–Crippen MR) is 112 cm³/mol. The number of carbonyl (C=O) groups excluding carboxylic acids is 3. The smallest absolute Gasteiger partial charge is 0.279 e. The van der Waals surface area contributed by atoms with Crippen molar-refractivity contribution in [2.75, 3.05) is 5.32 Å². The molecule has 0 fully saturated rings. The summed E-state index contributed by atoms with van der Waals surface area (Å²) in [5.41, 5.74) is 6.71. The summed E-state index contributed by atoms with van der Waals surface area (Å²) in [6, 6.07) is 13.9. The number of para-hydroxylation sites is 1. The number of ether oxygens (including phenoxy) is 1. The first-order valence-corrected chi connectivity index (χ1v) is 9.55. The Kier molecular flexibility index (Phi) is 7.77. The van der Waals surface area contributed by atoms with Crippen molar-refractivity contribution in [2.24, 2.45) is 0 Å². The van der Waals surface area contributed by atoms with E-state index >= 15 is 0 Å². The van der Waals surface area contributed by atoms with Gasteiger partial charge in [-0.2, -0.15) is 0 Å². The molecule has 7 heteroatoms. The van der Waals surface area contributed by atoms with Crippen LogP contribution < -0.4 is 20.9 Å². The Morgan fingerprint density at radius 1 is 0.966 bits per heavy atom. The highest BCUT2D eigenvalue weighted by atomic mass is 16.5. The summed E-state index contributed by atoms with van der Waals surface area (Å²) in [5.74, 6) is -0.170. The summed E-state index contributed by atoms with van der Waals surface area (Å²) in [4.78, 5) is 35.5. The molecule has 2 aromatic carbocycles. The van der Waals surface area contributed by atoms with E-state index in [2.05, 4.69) is 30.0 Å². The van der Waals surface area contributed by atoms with E-state index in [1.54, 1.807) is 31.2 Å². The van der Waals surface area contributed by atoms with Crippen molar-refractivity contribution in [3.63, 3.8) is 0 Å². The summed E-state index contributed by atoms with van der Waals surface area (Å²) in [6.45, 7) is 7.22. The first kappa shape index (κ1) is 21.9. The van der Waals surface area contributed by atoms with Gasteiger partial charge in [0.25, 0.3) is 11.8 Å². The average molecular weight is 397 g/mol. The molecular weight excluding hydrogens is 370 g/mol. The van der Waals surface area contributed by atoms with Crippen LogP contribution in [0.2, 0.25) is 0 Å². The lowest BCUT2D eigenvalue weighted by atomic mass is 9.98. The zero-order chi connectivity index (χ0) is 21.4. The molecule has 2 unspecified atom stereocenters. The molecule has 2 rings (SSSR count). The van der Waals surface area contributed by atoms with Crippen LogP contribution >= 0.6 is 0 Å². The number of anilines is 1. The molecule has 0 heterocycles. The Balaban J connectivity index is 1.92. The van der Waals surface area contributed by atoms with E-state index in [1.807, 2.05) is 24.3 Å². The second kappa shape index (κ2) is 10.3. The van der Waals surface area contributed by atoms with Crippen molar-refractivity contribution in [3.05, 3.63) is 59.7 Å². The lowest BCUT2D eigenvalue weighted by molar-refractivity contribution is -0.128. The van der Waals surface area contributed by atoms with Gasteiger partial charge in [-0.25, -0.2) is 0 Å². The van der Waals surface area contributed by atoms with Gasteiger partial charge in [0.2, 0.25) is 5.91 Å². The maximum Gasteiger partial charge on any atom is 0.279 e. The van der Waals surface area contributed by atoms with Crippen LogP contribution in [0.15, 0.2) is 48.5 Å². The zero-order valence-corrected chi connectivity index (χ0v) is 17.1. The van der Waals surface area contributed by atoms with Crippen LogP contribution in [-0.2, 0) is 9.59 Å². The molecule has 2 atom stereocenters. The first-order valence-electron chi connectivity index (χ1n) is 9.55. The van der Waals surface area contributed by atoms with Crippen molar-refractivity contribution in [2.45, 2.75) is 46.1 Å². The van der Waals surface area contributed by atoms with E-state index in [-0.39, 0.29) is 5.91 Å². The van der Waals surface area contributed by atoms with Gasteiger partial charge in [0.05, 0.1) is 0 Å². The molecular formula is C22H27N3O4. The second-order valence-electron chi connectivity index (χ2n) is 6.81. The molecule has 0 aromatic heterocycles. The Bertz CT molecular complexity index is 865. The monoisotopic (exact) mass is 397 g/mol. The number of benzene rings is 2. The molecule has 0 aliphatic carbocycles. The predicted octanol–water partition coefficient (Wildman–Crippen LogP) is 3.39. The minimum absolute atomic E-state index is 0.196. The van der Waals surface area contributed by atoms with Crippen LogP contribution in [0.1, 0.15) is 56.0 Å². The van der Waals surface area contributed by atoms with Gasteiger partial charge < -0.3 is 10.1 Å². The van der Waals surface area contributed by atoms with Crippen LogP contribution in [0.5, 0.6) is 5.75 Å². The maximum atomic E-state index is 12.3. The highest BCUT2D eigenvalue weighted by molar-refractivity contribution is 5.96. The highest BCUT2D eigenvalue weighted by Crippen LogP contribution is 2.29. The molecule has 29 heavy (non-hydrogen) atoms. The zero-order valence-electron chi connectivity index (χ0n) is 17.1. The van der Waals surface area contributed by atoms with Gasteiger partial charge in [-0.3, -0.25) is 25.2 Å². The van der Waals surface area contributed by atoms with E-state index in [1.165, 1.54) is 6.92 Å². The summed E-state index contributed by atoms with van der Waals surface area (Å²) in [5, 5.41) is 2.62. The summed E-state index contributed by atoms with van der Waals surface area (Å²) < 4.78 is 5.82. The van der Waals surface area contributed by atoms with E-state index in [0.717, 1.165) is 12.0 Å². The number of carbonyl (C=O) groups is 3. The largest absolute Gasteiger partial charge is 0.481 e. The van der Waals surface area contributed by atoms with Crippen LogP contribution in [0.3, 0.4) is 0 Å². The third-order valence-electron chi connectivity index (χ3n) is 4.50. The van der Waals surface area contributed by atoms with Gasteiger partial charge in [-0.1, -0.05) is 32.0 Å². The molecule has 0 saturated heterocycles. The minimum Gasteiger partial charge on any atom is -0.481 e. The van der Waals surface area contributed by atoms with E-state index < -0.39 is 17.9 Å². The number of amides is 3. The number of rotatable bonds is 7. The quantitative estimate of drug-likeness (QED) is 0.624. The molecule has 154 valence electrons. The van der Waals surface area contributed by atoms with Crippen molar-refractivity contribution in [1.29, 1.82) is 0 Å². The molecule has 0 radical (unpaired) electrons. The highest BCUT2D eigenvalue weighted by Gasteiger charge is 2.18. The standard InChI is InChI=1S/C22H27N3O4/c1-5-14(2)19-8-6-7-9-20(19)29-15(3)21(27)24-25-22(28)17-10-12-18(13-11-17)23-16(4)26/h6-15H,5H2,1-4H3,(H,23,26)(H,24,27)(H,25,28). The first-order chi connectivity index (χ1) is 13.8. The maximum absolute atomic E-state index is 12.3. The number of hydrogen-bond acceptors (Lipinski definition) is 4. The Morgan fingerprint density at radius 3 is 2.24 bits per heavy atom. The summed E-state index contributed by atoms with van der Waals surface area (Å²) in [6.07, 6.45) is 0.167. The molecule has 0 bridgehead atoms. The summed E-state index contributed by atoms with van der Waals surface area (Å²) in [7, 11) is 0. The van der Waals surface area contributed by atoms with Gasteiger partial charge in [0.15, 0.2) is 6.10 Å². The fourth-order valence-electron chi connectivity index (χ4n) is 2.66. The molecule has 3 N–H and O–H groups in total. The van der Waals surface area contributed by atoms with Gasteiger partial charge in [-0.15, -0.1) is 0 Å². The number of hydrogen-bond donors (Lipinski definition) is 3. The van der Waals surface area contributed by atoms with Crippen LogP contribution in [0, 0.1) is 0 Å². The molecule has 0 saturated carbocycles. The third kappa shape index (κ3) is 6.34. The molecule has 2 aromatic rings. The fraction of sp³-hybridized carbons (Fsp3) is 0.318. The van der Waals surface area contributed by atoms with E-state index in [9.17, 15) is 14.4 Å². The molecule has 7 nitrogen and oxygen atoms in total. The molecule has 0 aliphatic rings. The topological polar surface area (TPSA) is 96.5 Å². The lowest BCUT2D eigenvalue weighted by Crippen LogP contribution is -2.47. The number of hydrazine groups is 1. The third-order valence-corrected chi connectivity index (χ3v) is 4.50. The normalized spacial score (nSPS) is 12.4. The van der Waals surface area contributed by atoms with Gasteiger partial charge in [0.1, 0.15) is 5.75 Å². The lowest BCUT2D eigenvalue weighted by Gasteiger charge is -2.19. The van der Waals surface area contributed by atoms with Crippen molar-refractivity contribution < 1.29 is 19.1 Å². The second-order valence-corrected chi connectivity index (χ2v) is 6.81. The Hall–Kier alpha value is -3.35. The number of nitrogens with one attached hydrogen (secondary N) is 3. The molecule has 0 spiro atoms. The van der Waals surface area contributed by atoms with Crippen LogP contribution in [-0.4, -0.2) is 23.8 Å². The van der Waals surface area contributed by atoms with Gasteiger partial charge >= 0.3 is 0 Å². The van der Waals surface area contributed by atoms with E-state index in [0.29, 0.717) is 22.9 Å². The van der Waals surface area contributed by atoms with Crippen LogP contribution in [0.4, 0.5) is 5.69 Å². The minimum atomic E-state index is -0.789. The summed E-state index contributed by atoms with van der Waals surface area (Å²) >= 11 is 0. The fourth-order valence-corrected chi connectivity index (χ4v) is 2.66. The SMILES string of the molecule is CCC(C)c1ccccc1OC(C)C(=O)NNC(=O)c1ccc(NC(C)=O)cc1. The van der Waals surface area contributed by atoms with Crippen molar-refractivity contribution in [1.82, 2.24) is 10.9 Å². The molecule has 0 aliphatic heterocycles. The Labute approximate surface area is 170 Å². The van der Waals surface area contributed by atoms with Gasteiger partial charge in [0, 0.05) is 18.2 Å². The van der Waals surface area contributed by atoms with Crippen molar-refractivity contribution in [3.8, 4) is 5.75 Å². The van der Waals surface area contributed by atoms with Crippen molar-refractivity contribution >= 4 is 23.4 Å². The van der Waals surface area contributed by atoms with E-state index in [4.69, 9.17) is 4.74 Å². The molecule has 3 amide bonds.